The molecule has 3 rings (SSSR count). The number of carbonyl (C=O) groups excluding carboxylic acids is 1. The Bertz CT molecular complexity index is 898. The van der Waals surface area contributed by atoms with Crippen LogP contribution < -0.4 is 10.9 Å². The normalized spacial score (nSPS) is 10.3. The Balaban J connectivity index is 1.99. The lowest BCUT2D eigenvalue weighted by atomic mass is 10.0. The van der Waals surface area contributed by atoms with Gasteiger partial charge in [0.25, 0.3) is 5.56 Å². The maximum atomic E-state index is 12.1. The van der Waals surface area contributed by atoms with Crippen LogP contribution >= 0.6 is 0 Å². The largest absolute Gasteiger partial charge is 0.354 e. The molecule has 0 atom stereocenters. The Hall–Kier alpha value is -3.14. The van der Waals surface area contributed by atoms with Crippen molar-refractivity contribution in [2.24, 2.45) is 0 Å². The highest BCUT2D eigenvalue weighted by Crippen LogP contribution is 2.22. The zero-order valence-electron chi connectivity index (χ0n) is 12.7. The van der Waals surface area contributed by atoms with Gasteiger partial charge in [0.1, 0.15) is 0 Å². The van der Waals surface area contributed by atoms with Crippen LogP contribution in [0.4, 0.5) is 11.4 Å². The molecular weight excluding hydrogens is 288 g/mol. The molecule has 4 nitrogen and oxygen atoms in total. The van der Waals surface area contributed by atoms with Crippen molar-refractivity contribution in [2.75, 3.05) is 5.32 Å². The van der Waals surface area contributed by atoms with E-state index in [1.807, 2.05) is 36.4 Å². The third-order valence-electron chi connectivity index (χ3n) is 3.55. The fourth-order valence-electron chi connectivity index (χ4n) is 2.36. The van der Waals surface area contributed by atoms with Gasteiger partial charge < -0.3 is 10.3 Å². The Morgan fingerprint density at radius 1 is 0.957 bits per heavy atom. The summed E-state index contributed by atoms with van der Waals surface area (Å²) in [4.78, 5) is 26.4. The first-order chi connectivity index (χ1) is 11.1. The van der Waals surface area contributed by atoms with Gasteiger partial charge in [0, 0.05) is 23.0 Å². The number of ketones is 1. The molecule has 0 aliphatic heterocycles. The van der Waals surface area contributed by atoms with Gasteiger partial charge in [0.05, 0.1) is 5.69 Å². The van der Waals surface area contributed by atoms with Gasteiger partial charge in [-0.05, 0) is 36.8 Å². The van der Waals surface area contributed by atoms with Gasteiger partial charge in [-0.3, -0.25) is 9.59 Å². The van der Waals surface area contributed by atoms with Crippen LogP contribution in [0.2, 0.25) is 0 Å². The number of aromatic nitrogens is 1. The van der Waals surface area contributed by atoms with Crippen LogP contribution in [-0.4, -0.2) is 10.8 Å². The number of Topliss-reactive ketones (excluding diaryl/α,β-unsaturated/α-hetero) is 1. The number of benzene rings is 2. The molecule has 114 valence electrons. The van der Waals surface area contributed by atoms with Crippen LogP contribution in [0.1, 0.15) is 17.3 Å². The van der Waals surface area contributed by atoms with E-state index in [1.165, 1.54) is 6.92 Å². The van der Waals surface area contributed by atoms with E-state index in [1.54, 1.807) is 30.5 Å². The minimum Gasteiger partial charge on any atom is -0.354 e. The third-order valence-corrected chi connectivity index (χ3v) is 3.55. The van der Waals surface area contributed by atoms with Crippen molar-refractivity contribution in [2.45, 2.75) is 6.92 Å². The molecule has 0 saturated heterocycles. The predicted octanol–water partition coefficient (Wildman–Crippen LogP) is 3.99. The average Bonchev–Trinajstić information content (AvgIpc) is 2.57. The number of pyridine rings is 1. The van der Waals surface area contributed by atoms with Gasteiger partial charge in [-0.1, -0.05) is 36.4 Å². The zero-order valence-corrected chi connectivity index (χ0v) is 12.7. The second-order valence-electron chi connectivity index (χ2n) is 5.26. The quantitative estimate of drug-likeness (QED) is 0.716. The van der Waals surface area contributed by atoms with Crippen molar-refractivity contribution in [1.82, 2.24) is 4.98 Å². The van der Waals surface area contributed by atoms with E-state index in [2.05, 4.69) is 10.3 Å². The summed E-state index contributed by atoms with van der Waals surface area (Å²) in [6.45, 7) is 1.51. The Labute approximate surface area is 133 Å². The highest BCUT2D eigenvalue weighted by molar-refractivity contribution is 5.95. The number of hydrogen-bond acceptors (Lipinski definition) is 3. The molecule has 0 spiro atoms. The molecule has 0 aliphatic rings. The SMILES string of the molecule is CC(=O)c1cccc(-c2cc(Nc3ccccc3)c[nH]c2=O)c1. The molecule has 4 heteroatoms. The standard InChI is InChI=1S/C19H16N2O2/c1-13(22)14-6-5-7-15(10-14)18-11-17(12-20-19(18)23)21-16-8-3-2-4-9-16/h2-12,21H,1H3,(H,20,23). The Morgan fingerprint density at radius 3 is 2.48 bits per heavy atom. The molecule has 0 unspecified atom stereocenters. The molecule has 23 heavy (non-hydrogen) atoms. The molecule has 3 aromatic rings. The molecule has 2 N–H and O–H groups in total. The van der Waals surface area contributed by atoms with Crippen molar-refractivity contribution >= 4 is 17.2 Å². The van der Waals surface area contributed by atoms with Gasteiger partial charge in [-0.25, -0.2) is 0 Å². The number of rotatable bonds is 4. The summed E-state index contributed by atoms with van der Waals surface area (Å²) >= 11 is 0. The fraction of sp³-hybridized carbons (Fsp3) is 0.0526. The Kier molecular flexibility index (Phi) is 4.06. The van der Waals surface area contributed by atoms with Crippen molar-refractivity contribution in [3.05, 3.63) is 82.8 Å². The van der Waals surface area contributed by atoms with E-state index in [0.29, 0.717) is 11.1 Å². The minimum absolute atomic E-state index is 0.0261. The maximum Gasteiger partial charge on any atom is 0.255 e. The fourth-order valence-corrected chi connectivity index (χ4v) is 2.36. The number of H-pyrrole nitrogens is 1. The average molecular weight is 304 g/mol. The summed E-state index contributed by atoms with van der Waals surface area (Å²) in [5.41, 5.74) is 3.35. The molecule has 1 heterocycles. The molecule has 0 aliphatic carbocycles. The van der Waals surface area contributed by atoms with E-state index in [-0.39, 0.29) is 11.3 Å². The summed E-state index contributed by atoms with van der Waals surface area (Å²) in [7, 11) is 0. The highest BCUT2D eigenvalue weighted by Gasteiger charge is 2.07. The van der Waals surface area contributed by atoms with Gasteiger partial charge in [0.2, 0.25) is 0 Å². The summed E-state index contributed by atoms with van der Waals surface area (Å²) in [6.07, 6.45) is 1.63. The molecular formula is C19H16N2O2. The van der Waals surface area contributed by atoms with Crippen molar-refractivity contribution in [3.63, 3.8) is 0 Å². The maximum absolute atomic E-state index is 12.1. The first-order valence-corrected chi connectivity index (χ1v) is 7.29. The van der Waals surface area contributed by atoms with E-state index < -0.39 is 0 Å². The monoisotopic (exact) mass is 304 g/mol. The number of para-hydroxylation sites is 1. The number of nitrogens with one attached hydrogen (secondary N) is 2. The van der Waals surface area contributed by atoms with Crippen molar-refractivity contribution in [3.8, 4) is 11.1 Å². The molecule has 2 aromatic carbocycles. The van der Waals surface area contributed by atoms with E-state index in [9.17, 15) is 9.59 Å². The minimum atomic E-state index is -0.190. The Morgan fingerprint density at radius 2 is 1.74 bits per heavy atom. The second-order valence-corrected chi connectivity index (χ2v) is 5.26. The topological polar surface area (TPSA) is 62.0 Å². The zero-order chi connectivity index (χ0) is 16.2. The summed E-state index contributed by atoms with van der Waals surface area (Å²) < 4.78 is 0. The lowest BCUT2D eigenvalue weighted by Gasteiger charge is -2.08. The van der Waals surface area contributed by atoms with Gasteiger partial charge >= 0.3 is 0 Å². The van der Waals surface area contributed by atoms with Crippen LogP contribution in [-0.2, 0) is 0 Å². The van der Waals surface area contributed by atoms with E-state index in [4.69, 9.17) is 0 Å². The number of carbonyl (C=O) groups is 1. The molecule has 0 bridgehead atoms. The van der Waals surface area contributed by atoms with Gasteiger partial charge in [-0.15, -0.1) is 0 Å². The van der Waals surface area contributed by atoms with Crippen molar-refractivity contribution < 1.29 is 4.79 Å². The van der Waals surface area contributed by atoms with Gasteiger partial charge in [-0.2, -0.15) is 0 Å². The first-order valence-electron chi connectivity index (χ1n) is 7.29. The summed E-state index contributed by atoms with van der Waals surface area (Å²) in [6, 6.07) is 18.6. The second kappa shape index (κ2) is 6.32. The smallest absolute Gasteiger partial charge is 0.255 e. The third kappa shape index (κ3) is 3.37. The number of aromatic amines is 1. The molecule has 0 saturated carbocycles. The van der Waals surface area contributed by atoms with Crippen LogP contribution in [0.3, 0.4) is 0 Å². The lowest BCUT2D eigenvalue weighted by Crippen LogP contribution is -2.09. The highest BCUT2D eigenvalue weighted by atomic mass is 16.1. The predicted molar refractivity (Wildman–Crippen MR) is 92.2 cm³/mol. The first kappa shape index (κ1) is 14.8. The summed E-state index contributed by atoms with van der Waals surface area (Å²) in [5, 5.41) is 3.24. The molecule has 0 radical (unpaired) electrons. The van der Waals surface area contributed by atoms with Crippen LogP contribution in [0, 0.1) is 0 Å². The number of anilines is 2. The van der Waals surface area contributed by atoms with E-state index in [0.717, 1.165) is 16.9 Å². The van der Waals surface area contributed by atoms with Crippen LogP contribution in [0.15, 0.2) is 71.7 Å². The number of hydrogen-bond donors (Lipinski definition) is 2. The van der Waals surface area contributed by atoms with Gasteiger partial charge in [0.15, 0.2) is 5.78 Å². The van der Waals surface area contributed by atoms with Crippen LogP contribution in [0.5, 0.6) is 0 Å². The van der Waals surface area contributed by atoms with Crippen LogP contribution in [0.25, 0.3) is 11.1 Å². The van der Waals surface area contributed by atoms with Crippen molar-refractivity contribution in [1.29, 1.82) is 0 Å². The van der Waals surface area contributed by atoms with E-state index >= 15 is 0 Å². The molecule has 0 fully saturated rings. The summed E-state index contributed by atoms with van der Waals surface area (Å²) in [5.74, 6) is -0.0261. The molecule has 1 aromatic heterocycles. The molecule has 0 amide bonds. The lowest BCUT2D eigenvalue weighted by molar-refractivity contribution is 0.101.